The van der Waals surface area contributed by atoms with Gasteiger partial charge in [-0.15, -0.1) is 0 Å². The summed E-state index contributed by atoms with van der Waals surface area (Å²) in [6.45, 7) is 5.87. The zero-order valence-corrected chi connectivity index (χ0v) is 16.6. The first kappa shape index (κ1) is 18.4. The van der Waals surface area contributed by atoms with Crippen LogP contribution in [0.2, 0.25) is 0 Å². The van der Waals surface area contributed by atoms with E-state index >= 15 is 0 Å². The minimum Gasteiger partial charge on any atom is -0.444 e. The Hall–Kier alpha value is -2.94. The number of nitrogens with zero attached hydrogens (tertiary/aromatic N) is 4. The lowest BCUT2D eigenvalue weighted by Gasteiger charge is -2.24. The van der Waals surface area contributed by atoms with Gasteiger partial charge in [-0.05, 0) is 45.0 Å². The van der Waals surface area contributed by atoms with Crippen molar-refractivity contribution in [2.24, 2.45) is 0 Å². The van der Waals surface area contributed by atoms with Crippen LogP contribution in [-0.2, 0) is 27.8 Å². The average molecular weight is 400 g/mol. The molecule has 3 aromatic rings. The van der Waals surface area contributed by atoms with Crippen LogP contribution in [0.25, 0.3) is 10.9 Å². The Morgan fingerprint density at radius 2 is 1.96 bits per heavy atom. The van der Waals surface area contributed by atoms with Gasteiger partial charge in [-0.25, -0.2) is 4.79 Å². The molecule has 0 spiro atoms. The SMILES string of the molecule is CC(C)(C)OC(=O)N1Cc2cn(S(=O)(=O)c3ccc4ncccc4c3)nc2C1. The molecular weight excluding hydrogens is 380 g/mol. The number of carbonyl (C=O) groups excluding carboxylic acids is 1. The molecule has 0 unspecified atom stereocenters. The van der Waals surface area contributed by atoms with E-state index < -0.39 is 21.7 Å². The minimum atomic E-state index is -3.83. The third-order valence-corrected chi connectivity index (χ3v) is 5.86. The van der Waals surface area contributed by atoms with E-state index in [-0.39, 0.29) is 18.0 Å². The number of aromatic nitrogens is 3. The highest BCUT2D eigenvalue weighted by Gasteiger charge is 2.32. The molecule has 0 radical (unpaired) electrons. The van der Waals surface area contributed by atoms with Crippen molar-refractivity contribution in [1.82, 2.24) is 19.1 Å². The molecule has 1 aliphatic rings. The molecule has 2 aromatic heterocycles. The second-order valence-electron chi connectivity index (χ2n) is 7.67. The molecule has 8 nitrogen and oxygen atoms in total. The molecule has 1 aromatic carbocycles. The van der Waals surface area contributed by atoms with Crippen LogP contribution in [-0.4, -0.2) is 39.2 Å². The summed E-state index contributed by atoms with van der Waals surface area (Å²) in [6.07, 6.45) is 2.68. The van der Waals surface area contributed by atoms with Crippen molar-refractivity contribution >= 4 is 27.0 Å². The number of hydrogen-bond acceptors (Lipinski definition) is 6. The zero-order chi connectivity index (χ0) is 20.1. The number of benzene rings is 1. The van der Waals surface area contributed by atoms with Gasteiger partial charge in [-0.2, -0.15) is 17.6 Å². The summed E-state index contributed by atoms with van der Waals surface area (Å²) in [7, 11) is -3.83. The number of ether oxygens (including phenoxy) is 1. The van der Waals surface area contributed by atoms with Crippen LogP contribution >= 0.6 is 0 Å². The molecule has 1 amide bonds. The van der Waals surface area contributed by atoms with Gasteiger partial charge in [0, 0.05) is 23.3 Å². The van der Waals surface area contributed by atoms with Crippen LogP contribution in [0.5, 0.6) is 0 Å². The number of hydrogen-bond donors (Lipinski definition) is 0. The van der Waals surface area contributed by atoms with E-state index in [2.05, 4.69) is 10.1 Å². The molecule has 1 aliphatic heterocycles. The minimum absolute atomic E-state index is 0.137. The van der Waals surface area contributed by atoms with Crippen LogP contribution < -0.4 is 0 Å². The quantitative estimate of drug-likeness (QED) is 0.656. The van der Waals surface area contributed by atoms with Crippen LogP contribution in [0.1, 0.15) is 32.0 Å². The summed E-state index contributed by atoms with van der Waals surface area (Å²) < 4.78 is 32.3. The van der Waals surface area contributed by atoms with Gasteiger partial charge in [-0.1, -0.05) is 6.07 Å². The van der Waals surface area contributed by atoms with E-state index in [4.69, 9.17) is 4.74 Å². The average Bonchev–Trinajstić information content (AvgIpc) is 3.19. The summed E-state index contributed by atoms with van der Waals surface area (Å²) in [4.78, 5) is 18.0. The Labute approximate surface area is 162 Å². The first-order valence-electron chi connectivity index (χ1n) is 8.79. The molecule has 0 saturated heterocycles. The summed E-state index contributed by atoms with van der Waals surface area (Å²) in [6, 6.07) is 8.33. The van der Waals surface area contributed by atoms with Gasteiger partial charge in [0.05, 0.1) is 29.2 Å². The van der Waals surface area contributed by atoms with E-state index in [1.807, 2.05) is 6.07 Å². The Bertz CT molecular complexity index is 1150. The van der Waals surface area contributed by atoms with Crippen molar-refractivity contribution in [2.75, 3.05) is 0 Å². The first-order valence-corrected chi connectivity index (χ1v) is 10.2. The lowest BCUT2D eigenvalue weighted by Crippen LogP contribution is -2.33. The third-order valence-electron chi connectivity index (χ3n) is 4.33. The highest BCUT2D eigenvalue weighted by molar-refractivity contribution is 7.89. The fourth-order valence-electron chi connectivity index (χ4n) is 3.03. The first-order chi connectivity index (χ1) is 13.1. The molecule has 0 atom stereocenters. The van der Waals surface area contributed by atoms with E-state index in [1.165, 1.54) is 17.2 Å². The van der Waals surface area contributed by atoms with Crippen LogP contribution in [0, 0.1) is 0 Å². The Balaban J connectivity index is 1.59. The summed E-state index contributed by atoms with van der Waals surface area (Å²) in [5.74, 6) is 0. The van der Waals surface area contributed by atoms with Gasteiger partial charge in [0.1, 0.15) is 5.60 Å². The van der Waals surface area contributed by atoms with Gasteiger partial charge < -0.3 is 4.74 Å². The van der Waals surface area contributed by atoms with Gasteiger partial charge in [0.15, 0.2) is 0 Å². The summed E-state index contributed by atoms with van der Waals surface area (Å²) in [5, 5.41) is 4.95. The number of carbonyl (C=O) groups is 1. The summed E-state index contributed by atoms with van der Waals surface area (Å²) in [5.41, 5.74) is 1.37. The van der Waals surface area contributed by atoms with Gasteiger partial charge in [0.2, 0.25) is 0 Å². The van der Waals surface area contributed by atoms with Crippen molar-refractivity contribution in [1.29, 1.82) is 0 Å². The molecule has 3 heterocycles. The Morgan fingerprint density at radius 1 is 1.18 bits per heavy atom. The number of rotatable bonds is 2. The molecular formula is C19H20N4O4S. The van der Waals surface area contributed by atoms with Gasteiger partial charge in [0.25, 0.3) is 10.0 Å². The number of fused-ring (bicyclic) bond motifs is 2. The molecule has 9 heteroatoms. The largest absolute Gasteiger partial charge is 0.444 e. The fourth-order valence-corrected chi connectivity index (χ4v) is 4.23. The van der Waals surface area contributed by atoms with Crippen molar-refractivity contribution in [3.05, 3.63) is 54.0 Å². The number of pyridine rings is 1. The smallest absolute Gasteiger partial charge is 0.410 e. The van der Waals surface area contributed by atoms with Crippen LogP contribution in [0.4, 0.5) is 4.79 Å². The molecule has 0 aliphatic carbocycles. The lowest BCUT2D eigenvalue weighted by molar-refractivity contribution is 0.0239. The van der Waals surface area contributed by atoms with E-state index in [0.29, 0.717) is 11.3 Å². The highest BCUT2D eigenvalue weighted by Crippen LogP contribution is 2.26. The standard InChI is InChI=1S/C19H20N4O4S/c1-19(2,3)27-18(24)22-10-14-11-23(21-17(14)12-22)28(25,26)15-6-7-16-13(9-15)5-4-8-20-16/h4-9,11H,10,12H2,1-3H3. The van der Waals surface area contributed by atoms with Gasteiger partial charge in [-0.3, -0.25) is 9.88 Å². The van der Waals surface area contributed by atoms with E-state index in [9.17, 15) is 13.2 Å². The molecule has 4 rings (SSSR count). The second-order valence-corrected chi connectivity index (χ2v) is 9.47. The normalized spacial score (nSPS) is 14.3. The lowest BCUT2D eigenvalue weighted by atomic mass is 10.2. The molecule has 146 valence electrons. The van der Waals surface area contributed by atoms with Gasteiger partial charge >= 0.3 is 6.09 Å². The molecule has 0 fully saturated rings. The molecule has 0 bridgehead atoms. The maximum atomic E-state index is 13.0. The molecule has 0 saturated carbocycles. The highest BCUT2D eigenvalue weighted by atomic mass is 32.2. The maximum Gasteiger partial charge on any atom is 0.410 e. The Kier molecular flexibility index (Phi) is 4.15. The Morgan fingerprint density at radius 3 is 2.68 bits per heavy atom. The van der Waals surface area contributed by atoms with Crippen molar-refractivity contribution in [3.8, 4) is 0 Å². The van der Waals surface area contributed by atoms with Crippen molar-refractivity contribution < 1.29 is 17.9 Å². The predicted molar refractivity (Wildman–Crippen MR) is 102 cm³/mol. The second kappa shape index (κ2) is 6.30. The fraction of sp³-hybridized carbons (Fsp3) is 0.316. The monoisotopic (exact) mass is 400 g/mol. The third kappa shape index (κ3) is 3.33. The summed E-state index contributed by atoms with van der Waals surface area (Å²) >= 11 is 0. The predicted octanol–water partition coefficient (Wildman–Crippen LogP) is 2.92. The van der Waals surface area contributed by atoms with Crippen molar-refractivity contribution in [2.45, 2.75) is 44.4 Å². The zero-order valence-electron chi connectivity index (χ0n) is 15.8. The van der Waals surface area contributed by atoms with E-state index in [1.54, 1.807) is 45.2 Å². The maximum absolute atomic E-state index is 13.0. The number of amides is 1. The van der Waals surface area contributed by atoms with E-state index in [0.717, 1.165) is 15.0 Å². The van der Waals surface area contributed by atoms with Crippen LogP contribution in [0.3, 0.4) is 0 Å². The molecule has 28 heavy (non-hydrogen) atoms. The van der Waals surface area contributed by atoms with Crippen LogP contribution in [0.15, 0.2) is 47.6 Å². The topological polar surface area (TPSA) is 94.4 Å². The van der Waals surface area contributed by atoms with Crippen molar-refractivity contribution in [3.63, 3.8) is 0 Å². The molecule has 0 N–H and O–H groups in total.